The molecule has 226 valence electrons. The average molecular weight is 617 g/mol. The summed E-state index contributed by atoms with van der Waals surface area (Å²) in [6.07, 6.45) is 0. The Kier molecular flexibility index (Phi) is 4.95. The second kappa shape index (κ2) is 9.18. The topological polar surface area (TPSA) is 28.3 Å². The Morgan fingerprint density at radius 2 is 0.958 bits per heavy atom. The maximum absolute atomic E-state index is 6.47. The molecule has 4 heterocycles. The number of aryl methyl sites for hydroxylation is 2. The summed E-state index contributed by atoms with van der Waals surface area (Å²) in [6, 6.07) is 48.2. The van der Waals surface area contributed by atoms with Gasteiger partial charge in [-0.3, -0.25) is 0 Å². The van der Waals surface area contributed by atoms with E-state index in [1.807, 2.05) is 12.1 Å². The molecule has 7 aromatic carbocycles. The van der Waals surface area contributed by atoms with Gasteiger partial charge in [0.1, 0.15) is 0 Å². The van der Waals surface area contributed by atoms with Crippen LogP contribution in [0.4, 0.5) is 0 Å². The van der Waals surface area contributed by atoms with Crippen molar-refractivity contribution in [3.63, 3.8) is 0 Å². The van der Waals surface area contributed by atoms with Gasteiger partial charge in [-0.15, -0.1) is 0 Å². The van der Waals surface area contributed by atoms with Gasteiger partial charge < -0.3 is 18.6 Å². The Bertz CT molecular complexity index is 2850. The van der Waals surface area contributed by atoms with Crippen molar-refractivity contribution in [1.82, 2.24) is 9.13 Å². The molecular formula is C44H28N2O2. The molecule has 0 fully saturated rings. The molecule has 0 atom stereocenters. The van der Waals surface area contributed by atoms with Crippen molar-refractivity contribution in [2.45, 2.75) is 13.8 Å². The molecule has 2 aromatic heterocycles. The molecule has 0 bridgehead atoms. The van der Waals surface area contributed by atoms with Gasteiger partial charge in [0.05, 0.1) is 33.4 Å². The summed E-state index contributed by atoms with van der Waals surface area (Å²) in [6.45, 7) is 4.25. The van der Waals surface area contributed by atoms with Crippen LogP contribution in [-0.2, 0) is 0 Å². The quantitative estimate of drug-likeness (QED) is 0.193. The maximum atomic E-state index is 6.47. The highest BCUT2D eigenvalue weighted by atomic mass is 16.5. The van der Waals surface area contributed by atoms with E-state index in [0.717, 1.165) is 45.4 Å². The van der Waals surface area contributed by atoms with E-state index < -0.39 is 0 Å². The molecule has 4 heteroatoms. The van der Waals surface area contributed by atoms with Crippen LogP contribution in [0.3, 0.4) is 0 Å². The standard InChI is InChI=1S/C44H28N2O2/c1-25-10-17-38-41(21-25)48-42-22-26(2)20-34-33-24-30(16-19-36(33)46(38)44(34)42)28-13-11-27(12-14-28)29-15-18-35-32(23-29)31-6-5-9-40-43(31)45(35)37-7-3-4-8-39(37)47-40/h3-24H,1-2H3. The van der Waals surface area contributed by atoms with Gasteiger partial charge in [-0.25, -0.2) is 0 Å². The van der Waals surface area contributed by atoms with Crippen LogP contribution >= 0.6 is 0 Å². The fourth-order valence-corrected chi connectivity index (χ4v) is 8.01. The number of nitrogens with zero attached hydrogens (tertiary/aromatic N) is 2. The fourth-order valence-electron chi connectivity index (χ4n) is 8.01. The number of fused-ring (bicyclic) bond motifs is 10. The normalized spacial score (nSPS) is 12.7. The van der Waals surface area contributed by atoms with Crippen LogP contribution in [0, 0.1) is 13.8 Å². The van der Waals surface area contributed by atoms with Gasteiger partial charge >= 0.3 is 0 Å². The molecule has 2 aliphatic heterocycles. The monoisotopic (exact) mass is 616 g/mol. The molecule has 0 radical (unpaired) electrons. The number of para-hydroxylation sites is 3. The number of benzene rings is 7. The van der Waals surface area contributed by atoms with E-state index in [1.165, 1.54) is 66.0 Å². The number of aromatic nitrogens is 2. The van der Waals surface area contributed by atoms with E-state index in [2.05, 4.69) is 144 Å². The van der Waals surface area contributed by atoms with Crippen LogP contribution in [0.5, 0.6) is 23.0 Å². The Hall–Kier alpha value is -6.26. The number of hydrogen-bond donors (Lipinski definition) is 0. The van der Waals surface area contributed by atoms with E-state index in [4.69, 9.17) is 9.47 Å². The Labute approximate surface area is 276 Å². The summed E-state index contributed by atoms with van der Waals surface area (Å²) in [5.74, 6) is 3.60. The van der Waals surface area contributed by atoms with Crippen molar-refractivity contribution < 1.29 is 9.47 Å². The summed E-state index contributed by atoms with van der Waals surface area (Å²) in [5.41, 5.74) is 14.0. The van der Waals surface area contributed by atoms with Crippen molar-refractivity contribution in [3.8, 4) is 56.6 Å². The maximum Gasteiger partial charge on any atom is 0.152 e. The van der Waals surface area contributed by atoms with E-state index in [1.54, 1.807) is 0 Å². The highest BCUT2D eigenvalue weighted by molar-refractivity contribution is 6.14. The first kappa shape index (κ1) is 25.9. The molecule has 0 aliphatic carbocycles. The van der Waals surface area contributed by atoms with Gasteiger partial charge in [-0.2, -0.15) is 0 Å². The predicted octanol–water partition coefficient (Wildman–Crippen LogP) is 12.0. The minimum absolute atomic E-state index is 0.883. The smallest absolute Gasteiger partial charge is 0.152 e. The van der Waals surface area contributed by atoms with Crippen molar-refractivity contribution in [2.24, 2.45) is 0 Å². The molecule has 0 spiro atoms. The van der Waals surface area contributed by atoms with Crippen LogP contribution in [0.15, 0.2) is 133 Å². The fraction of sp³-hybridized carbons (Fsp3) is 0.0455. The van der Waals surface area contributed by atoms with Gasteiger partial charge in [0.15, 0.2) is 23.0 Å². The predicted molar refractivity (Wildman–Crippen MR) is 196 cm³/mol. The van der Waals surface area contributed by atoms with Gasteiger partial charge in [-0.1, -0.05) is 66.7 Å². The highest BCUT2D eigenvalue weighted by Crippen LogP contribution is 2.48. The summed E-state index contributed by atoms with van der Waals surface area (Å²) in [7, 11) is 0. The zero-order valence-electron chi connectivity index (χ0n) is 26.4. The van der Waals surface area contributed by atoms with Crippen LogP contribution < -0.4 is 9.47 Å². The molecule has 2 aliphatic rings. The van der Waals surface area contributed by atoms with Gasteiger partial charge in [-0.05, 0) is 114 Å². The lowest BCUT2D eigenvalue weighted by atomic mass is 9.98. The second-order valence-electron chi connectivity index (χ2n) is 13.2. The zero-order valence-corrected chi connectivity index (χ0v) is 26.4. The van der Waals surface area contributed by atoms with E-state index >= 15 is 0 Å². The zero-order chi connectivity index (χ0) is 31.7. The highest BCUT2D eigenvalue weighted by Gasteiger charge is 2.25. The summed E-state index contributed by atoms with van der Waals surface area (Å²) in [4.78, 5) is 0. The van der Waals surface area contributed by atoms with Gasteiger partial charge in [0, 0.05) is 21.5 Å². The summed E-state index contributed by atoms with van der Waals surface area (Å²) >= 11 is 0. The molecule has 11 rings (SSSR count). The molecule has 4 nitrogen and oxygen atoms in total. The lowest BCUT2D eigenvalue weighted by Crippen LogP contribution is -2.04. The van der Waals surface area contributed by atoms with Gasteiger partial charge in [0.2, 0.25) is 0 Å². The molecular weight excluding hydrogens is 588 g/mol. The van der Waals surface area contributed by atoms with Crippen molar-refractivity contribution >= 4 is 43.6 Å². The van der Waals surface area contributed by atoms with E-state index in [-0.39, 0.29) is 0 Å². The third-order valence-electron chi connectivity index (χ3n) is 10.2. The van der Waals surface area contributed by atoms with Crippen molar-refractivity contribution in [3.05, 3.63) is 145 Å². The first-order valence-electron chi connectivity index (χ1n) is 16.4. The lowest BCUT2D eigenvalue weighted by Gasteiger charge is -2.21. The Morgan fingerprint density at radius 1 is 0.375 bits per heavy atom. The molecule has 0 saturated heterocycles. The third-order valence-corrected chi connectivity index (χ3v) is 10.2. The second-order valence-corrected chi connectivity index (χ2v) is 13.2. The minimum Gasteiger partial charge on any atom is -0.453 e. The van der Waals surface area contributed by atoms with E-state index in [0.29, 0.717) is 0 Å². The molecule has 9 aromatic rings. The summed E-state index contributed by atoms with van der Waals surface area (Å²) in [5, 5.41) is 4.88. The first-order valence-corrected chi connectivity index (χ1v) is 16.4. The minimum atomic E-state index is 0.883. The SMILES string of the molecule is Cc1ccc2c(c1)Oc1cc(C)cc3c4cc(-c5ccc(-c6ccc7c(c6)c6cccc8c6n7-c6ccccc6O8)cc5)ccc4n-2c13. The van der Waals surface area contributed by atoms with Crippen LogP contribution in [-0.4, -0.2) is 9.13 Å². The Balaban J connectivity index is 1.02. The van der Waals surface area contributed by atoms with Crippen LogP contribution in [0.2, 0.25) is 0 Å². The molecule has 0 amide bonds. The molecule has 0 saturated carbocycles. The Morgan fingerprint density at radius 3 is 1.71 bits per heavy atom. The van der Waals surface area contributed by atoms with Crippen LogP contribution in [0.25, 0.3) is 77.2 Å². The van der Waals surface area contributed by atoms with Gasteiger partial charge in [0.25, 0.3) is 0 Å². The lowest BCUT2D eigenvalue weighted by molar-refractivity contribution is 0.475. The molecule has 0 unspecified atom stereocenters. The van der Waals surface area contributed by atoms with E-state index in [9.17, 15) is 0 Å². The number of ether oxygens (including phenoxy) is 2. The third kappa shape index (κ3) is 3.44. The van der Waals surface area contributed by atoms with Crippen LogP contribution in [0.1, 0.15) is 11.1 Å². The first-order chi connectivity index (χ1) is 23.6. The number of rotatable bonds is 2. The molecule has 0 N–H and O–H groups in total. The largest absolute Gasteiger partial charge is 0.453 e. The van der Waals surface area contributed by atoms with Crippen molar-refractivity contribution in [2.75, 3.05) is 0 Å². The average Bonchev–Trinajstić information content (AvgIpc) is 3.62. The molecule has 48 heavy (non-hydrogen) atoms. The number of hydrogen-bond acceptors (Lipinski definition) is 2. The van der Waals surface area contributed by atoms with Crippen molar-refractivity contribution in [1.29, 1.82) is 0 Å². The summed E-state index contributed by atoms with van der Waals surface area (Å²) < 4.78 is 17.5.